The number of rotatable bonds is 9. The Kier molecular flexibility index (Phi) is 17.4. The zero-order chi connectivity index (χ0) is 60.9. The molecule has 6 nitrogen and oxygen atoms in total. The van der Waals surface area contributed by atoms with Gasteiger partial charge in [0, 0.05) is 31.4 Å². The van der Waals surface area contributed by atoms with Crippen LogP contribution in [0.5, 0.6) is 11.5 Å². The van der Waals surface area contributed by atoms with E-state index in [-0.39, 0.29) is 27.4 Å². The van der Waals surface area contributed by atoms with Gasteiger partial charge in [-0.2, -0.15) is 0 Å². The van der Waals surface area contributed by atoms with Crippen molar-refractivity contribution >= 4 is 16.5 Å². The Hall–Kier alpha value is -4.96. The third-order valence-electron chi connectivity index (χ3n) is 15.9. The molecular weight excluding hydrogens is 1020 g/mol. The molecule has 6 aromatic carbocycles. The molecule has 8 heteroatoms. The second-order valence-corrected chi connectivity index (χ2v) is 32.6. The summed E-state index contributed by atoms with van der Waals surface area (Å²) in [4.78, 5) is 22.0. The van der Waals surface area contributed by atoms with E-state index >= 15 is 0 Å². The minimum atomic E-state index is -3.30. The smallest absolute Gasteiger partial charge is 0.229 e. The lowest BCUT2D eigenvalue weighted by molar-refractivity contribution is 0.409. The van der Waals surface area contributed by atoms with Crippen LogP contribution in [-0.4, -0.2) is 9.79 Å². The van der Waals surface area contributed by atoms with Crippen molar-refractivity contribution < 1.29 is 28.0 Å². The topological polar surface area (TPSA) is 93.1 Å². The van der Waals surface area contributed by atoms with Crippen LogP contribution in [0.3, 0.4) is 0 Å². The molecule has 80 heavy (non-hydrogen) atoms. The van der Waals surface area contributed by atoms with Crippen molar-refractivity contribution in [3.8, 4) is 67.1 Å². The predicted octanol–water partition coefficient (Wildman–Crippen LogP) is 21.7. The SMILES string of the molecule is Cc1cc(-c2c(O[P+](=O)O)c(-c3cc(C)c(C(C)(C)C)cc3C(C)(C)C)c(-c3cc(C)c(C(C)(C)C)cc3C(C)(C)C)c(-c3ccc(O[P+](=O)O)cc3)c2-c2cc(C)c(C(C)(C)C)cc2C(C)(C)C)c(C(C)(C)C)cc1C(C)(C)C. The Labute approximate surface area is 485 Å². The van der Waals surface area contributed by atoms with Gasteiger partial charge in [-0.3, -0.25) is 0 Å². The Morgan fingerprint density at radius 2 is 0.525 bits per heavy atom. The molecule has 0 bridgehead atoms. The second-order valence-electron chi connectivity index (χ2n) is 31.2. The van der Waals surface area contributed by atoms with Crippen LogP contribution < -0.4 is 9.05 Å². The highest BCUT2D eigenvalue weighted by molar-refractivity contribution is 7.32. The molecule has 0 aliphatic rings. The summed E-state index contributed by atoms with van der Waals surface area (Å²) in [5, 5.41) is 0. The first-order chi connectivity index (χ1) is 36.1. The van der Waals surface area contributed by atoms with Gasteiger partial charge in [-0.25, -0.2) is 9.05 Å². The van der Waals surface area contributed by atoms with Crippen LogP contribution in [0, 0.1) is 27.7 Å². The van der Waals surface area contributed by atoms with Gasteiger partial charge < -0.3 is 0 Å². The summed E-state index contributed by atoms with van der Waals surface area (Å²) < 4.78 is 39.4. The van der Waals surface area contributed by atoms with Gasteiger partial charge in [0.05, 0.1) is 0 Å². The highest BCUT2D eigenvalue weighted by atomic mass is 31.1. The number of hydrogen-bond acceptors (Lipinski definition) is 4. The van der Waals surface area contributed by atoms with E-state index in [2.05, 4.69) is 242 Å². The normalized spacial score (nSPS) is 13.7. The molecule has 0 aromatic heterocycles. The molecule has 2 unspecified atom stereocenters. The Balaban J connectivity index is 2.30. The van der Waals surface area contributed by atoms with E-state index in [1.807, 2.05) is 12.1 Å². The van der Waals surface area contributed by atoms with E-state index in [1.165, 1.54) is 22.3 Å². The van der Waals surface area contributed by atoms with Crippen molar-refractivity contribution in [3.05, 3.63) is 140 Å². The number of aryl methyl sites for hydroxylation is 4. The summed E-state index contributed by atoms with van der Waals surface area (Å²) in [6.45, 7) is 63.1. The van der Waals surface area contributed by atoms with Gasteiger partial charge in [0.2, 0.25) is 5.75 Å². The van der Waals surface area contributed by atoms with E-state index < -0.39 is 38.2 Å². The lowest BCUT2D eigenvalue weighted by Crippen LogP contribution is -2.21. The molecule has 0 amide bonds. The van der Waals surface area contributed by atoms with Crippen LogP contribution in [0.25, 0.3) is 55.6 Å². The summed E-state index contributed by atoms with van der Waals surface area (Å²) >= 11 is 0. The number of hydrogen-bond donors (Lipinski definition) is 2. The lowest BCUT2D eigenvalue weighted by Gasteiger charge is -2.36. The van der Waals surface area contributed by atoms with Gasteiger partial charge in [-0.05, 0) is 183 Å². The quantitative estimate of drug-likeness (QED) is 0.140. The molecule has 0 aliphatic carbocycles. The molecule has 0 heterocycles. The van der Waals surface area contributed by atoms with Crippen molar-refractivity contribution in [2.75, 3.05) is 0 Å². The van der Waals surface area contributed by atoms with Crippen molar-refractivity contribution in [1.29, 1.82) is 0 Å². The van der Waals surface area contributed by atoms with Crippen LogP contribution in [0.1, 0.15) is 233 Å². The molecule has 6 rings (SSSR count). The maximum atomic E-state index is 14.5. The van der Waals surface area contributed by atoms with Gasteiger partial charge in [-0.15, -0.1) is 9.79 Å². The average Bonchev–Trinajstić information content (AvgIpc) is 3.24. The van der Waals surface area contributed by atoms with E-state index in [9.17, 15) is 18.9 Å². The molecule has 2 N–H and O–H groups in total. The molecule has 2 atom stereocenters. The van der Waals surface area contributed by atoms with Gasteiger partial charge in [0.15, 0.2) is 5.75 Å². The molecule has 0 saturated heterocycles. The zero-order valence-electron chi connectivity index (χ0n) is 54.4. The summed E-state index contributed by atoms with van der Waals surface area (Å²) in [5.41, 5.74) is 19.8. The first-order valence-electron chi connectivity index (χ1n) is 28.7. The highest BCUT2D eigenvalue weighted by Gasteiger charge is 2.41. The van der Waals surface area contributed by atoms with E-state index in [4.69, 9.17) is 9.05 Å². The number of benzene rings is 6. The van der Waals surface area contributed by atoms with E-state index in [0.29, 0.717) is 5.75 Å². The minimum Gasteiger partial charge on any atom is -0.229 e. The standard InChI is InChI=1S/C72H96O6P2/c1-41-33-47(55(69(17,18)19)37-51(41)65(5,6)7)60-59(45-29-31-46(32-30-45)77-79(73)74)61(48-34-42(2)52(66(8,9)10)38-56(48)70(20,21)22)63(50-36-44(4)54(68(14,15)16)40-58(50)72(26,27)28)64(78-80(75)76)62(60)49-35-43(3)53(67(11,12)13)39-57(49)71(23,24)25/h29-40H,1-28H3/p+2. The predicted molar refractivity (Wildman–Crippen MR) is 343 cm³/mol. The van der Waals surface area contributed by atoms with Crippen molar-refractivity contribution in [2.24, 2.45) is 0 Å². The zero-order valence-corrected chi connectivity index (χ0v) is 56.1. The summed E-state index contributed by atoms with van der Waals surface area (Å²) in [6.07, 6.45) is 0. The fourth-order valence-electron chi connectivity index (χ4n) is 12.4. The van der Waals surface area contributed by atoms with Gasteiger partial charge >= 0.3 is 16.5 Å². The van der Waals surface area contributed by atoms with E-state index in [0.717, 1.165) is 100 Å². The van der Waals surface area contributed by atoms with Crippen LogP contribution in [0.4, 0.5) is 0 Å². The van der Waals surface area contributed by atoms with E-state index in [1.54, 1.807) is 12.1 Å². The summed E-state index contributed by atoms with van der Waals surface area (Å²) in [6, 6.07) is 26.5. The van der Waals surface area contributed by atoms with Crippen molar-refractivity contribution in [3.63, 3.8) is 0 Å². The van der Waals surface area contributed by atoms with Gasteiger partial charge in [0.25, 0.3) is 0 Å². The summed E-state index contributed by atoms with van der Waals surface area (Å²) in [5.74, 6) is 0.586. The first kappa shape index (κ1) is 64.2. The largest absolute Gasteiger partial charge is 0.747 e. The second kappa shape index (κ2) is 21.7. The van der Waals surface area contributed by atoms with Gasteiger partial charge in [0.1, 0.15) is 0 Å². The Bertz CT molecular complexity index is 3220. The van der Waals surface area contributed by atoms with Crippen LogP contribution in [0.15, 0.2) is 72.8 Å². The average molecular weight is 1120 g/mol. The van der Waals surface area contributed by atoms with Crippen LogP contribution >= 0.6 is 16.5 Å². The molecule has 0 saturated carbocycles. The maximum Gasteiger partial charge on any atom is 0.747 e. The van der Waals surface area contributed by atoms with Gasteiger partial charge in [-0.1, -0.05) is 227 Å². The fraction of sp³-hybridized carbons (Fsp3) is 0.500. The molecule has 0 radical (unpaired) electrons. The molecule has 430 valence electrons. The molecular formula is C72H98O6P2+2. The highest BCUT2D eigenvalue weighted by Crippen LogP contribution is 2.62. The monoisotopic (exact) mass is 1120 g/mol. The molecule has 0 aliphatic heterocycles. The molecule has 0 spiro atoms. The Morgan fingerprint density at radius 1 is 0.300 bits per heavy atom. The summed E-state index contributed by atoms with van der Waals surface area (Å²) in [7, 11) is -6.26. The third-order valence-corrected chi connectivity index (χ3v) is 16.7. The van der Waals surface area contributed by atoms with Crippen LogP contribution in [-0.2, 0) is 52.5 Å². The maximum absolute atomic E-state index is 14.5. The van der Waals surface area contributed by atoms with Crippen molar-refractivity contribution in [2.45, 2.75) is 237 Å². The van der Waals surface area contributed by atoms with Crippen LogP contribution in [0.2, 0.25) is 0 Å². The fourth-order valence-corrected chi connectivity index (χ4v) is 13.0. The Morgan fingerprint density at radius 3 is 0.738 bits per heavy atom. The molecule has 6 aromatic rings. The lowest BCUT2D eigenvalue weighted by atomic mass is 9.67. The minimum absolute atomic E-state index is 0.204. The molecule has 0 fully saturated rings. The van der Waals surface area contributed by atoms with Crippen molar-refractivity contribution in [1.82, 2.24) is 0 Å². The third kappa shape index (κ3) is 13.3. The first-order valence-corrected chi connectivity index (χ1v) is 31.0.